The maximum absolute atomic E-state index is 12.3. The lowest BCUT2D eigenvalue weighted by molar-refractivity contribution is -0.139. The smallest absolute Gasteiger partial charge is 0.326 e. The molecule has 1 amide bonds. The van der Waals surface area contributed by atoms with Crippen molar-refractivity contribution < 1.29 is 19.4 Å². The molecule has 0 saturated carbocycles. The number of nitrogens with zero attached hydrogens (tertiary/aromatic N) is 1. The quantitative estimate of drug-likeness (QED) is 0.838. The van der Waals surface area contributed by atoms with Gasteiger partial charge in [0, 0.05) is 13.0 Å². The third kappa shape index (κ3) is 3.98. The number of nitrogens with one attached hydrogen (secondary N) is 1. The Balaban J connectivity index is 1.66. The van der Waals surface area contributed by atoms with Crippen LogP contribution in [0, 0.1) is 0 Å². The minimum Gasteiger partial charge on any atom is -0.480 e. The van der Waals surface area contributed by atoms with E-state index in [1.165, 1.54) is 17.5 Å². The minimum absolute atomic E-state index is 0.0452. The van der Waals surface area contributed by atoms with Gasteiger partial charge in [0.15, 0.2) is 0 Å². The number of benzene rings is 1. The number of aliphatic carboxylic acids is 1. The lowest BCUT2D eigenvalue weighted by Crippen LogP contribution is -2.42. The van der Waals surface area contributed by atoms with Crippen molar-refractivity contribution in [2.24, 2.45) is 0 Å². The summed E-state index contributed by atoms with van der Waals surface area (Å²) < 4.78 is 5.55. The van der Waals surface area contributed by atoms with Gasteiger partial charge in [-0.2, -0.15) is 0 Å². The van der Waals surface area contributed by atoms with Crippen LogP contribution >= 0.6 is 11.3 Å². The van der Waals surface area contributed by atoms with Crippen LogP contribution in [0.1, 0.15) is 39.2 Å². The molecule has 7 heteroatoms. The van der Waals surface area contributed by atoms with E-state index in [2.05, 4.69) is 10.3 Å². The van der Waals surface area contributed by atoms with E-state index in [9.17, 15) is 14.7 Å². The zero-order valence-electron chi connectivity index (χ0n) is 13.0. The second kappa shape index (κ2) is 7.55. The van der Waals surface area contributed by atoms with Crippen LogP contribution in [0.3, 0.4) is 0 Å². The van der Waals surface area contributed by atoms with E-state index in [0.29, 0.717) is 11.5 Å². The Morgan fingerprint density at radius 3 is 2.83 bits per heavy atom. The maximum atomic E-state index is 12.3. The molecule has 6 nitrogen and oxygen atoms in total. The van der Waals surface area contributed by atoms with E-state index >= 15 is 0 Å². The molecule has 1 aromatic heterocycles. The standard InChI is InChI=1S/C17H18N2O4S/c20-15(14-10-18-16(24-14)13-7-4-8-23-13)19-12(17(21)22)9-11-5-2-1-3-6-11/h1-3,5-6,10,12-13H,4,7-9H2,(H,19,20)(H,21,22)/t12-,13?/m0/s1. The molecule has 1 unspecified atom stereocenters. The number of carbonyl (C=O) groups is 2. The van der Waals surface area contributed by atoms with Gasteiger partial charge in [-0.15, -0.1) is 11.3 Å². The first-order chi connectivity index (χ1) is 11.6. The summed E-state index contributed by atoms with van der Waals surface area (Å²) >= 11 is 1.26. The van der Waals surface area contributed by atoms with Crippen LogP contribution in [0.2, 0.25) is 0 Å². The van der Waals surface area contributed by atoms with Crippen molar-refractivity contribution >= 4 is 23.2 Å². The van der Waals surface area contributed by atoms with Crippen molar-refractivity contribution in [1.82, 2.24) is 10.3 Å². The SMILES string of the molecule is O=C(N[C@@H](Cc1ccccc1)C(=O)O)c1cnc(C2CCCO2)s1. The number of thiazole rings is 1. The van der Waals surface area contributed by atoms with E-state index in [4.69, 9.17) is 4.74 Å². The molecule has 1 aliphatic rings. The fourth-order valence-electron chi connectivity index (χ4n) is 2.59. The van der Waals surface area contributed by atoms with Gasteiger partial charge in [0.05, 0.1) is 6.20 Å². The van der Waals surface area contributed by atoms with Crippen LogP contribution in [-0.4, -0.2) is 34.6 Å². The lowest BCUT2D eigenvalue weighted by atomic mass is 10.1. The third-order valence-corrected chi connectivity index (χ3v) is 4.93. The van der Waals surface area contributed by atoms with E-state index < -0.39 is 17.9 Å². The number of carboxylic acid groups (broad SMARTS) is 1. The number of ether oxygens (including phenoxy) is 1. The molecule has 1 aromatic carbocycles. The summed E-state index contributed by atoms with van der Waals surface area (Å²) in [5.74, 6) is -1.48. The van der Waals surface area contributed by atoms with Crippen LogP contribution in [0.5, 0.6) is 0 Å². The lowest BCUT2D eigenvalue weighted by Gasteiger charge is -2.13. The molecule has 24 heavy (non-hydrogen) atoms. The molecule has 126 valence electrons. The van der Waals surface area contributed by atoms with Crippen LogP contribution in [-0.2, 0) is 16.0 Å². The molecule has 0 bridgehead atoms. The zero-order valence-corrected chi connectivity index (χ0v) is 13.8. The molecule has 2 heterocycles. The summed E-state index contributed by atoms with van der Waals surface area (Å²) in [6.45, 7) is 0.712. The largest absolute Gasteiger partial charge is 0.480 e. The predicted molar refractivity (Wildman–Crippen MR) is 89.1 cm³/mol. The average Bonchev–Trinajstić information content (AvgIpc) is 3.26. The highest BCUT2D eigenvalue weighted by atomic mass is 32.1. The summed E-state index contributed by atoms with van der Waals surface area (Å²) in [6, 6.07) is 8.24. The number of hydrogen-bond acceptors (Lipinski definition) is 5. The highest BCUT2D eigenvalue weighted by Crippen LogP contribution is 2.31. The van der Waals surface area contributed by atoms with Gasteiger partial charge in [-0.3, -0.25) is 4.79 Å². The third-order valence-electron chi connectivity index (χ3n) is 3.84. The van der Waals surface area contributed by atoms with Crippen LogP contribution in [0.25, 0.3) is 0 Å². The Morgan fingerprint density at radius 1 is 1.38 bits per heavy atom. The van der Waals surface area contributed by atoms with Gasteiger partial charge in [0.2, 0.25) is 0 Å². The van der Waals surface area contributed by atoms with Gasteiger partial charge in [0.1, 0.15) is 22.0 Å². The van der Waals surface area contributed by atoms with Crippen molar-refractivity contribution in [2.75, 3.05) is 6.61 Å². The molecule has 3 rings (SSSR count). The van der Waals surface area contributed by atoms with Crippen molar-refractivity contribution in [3.63, 3.8) is 0 Å². The van der Waals surface area contributed by atoms with Gasteiger partial charge in [-0.05, 0) is 18.4 Å². The minimum atomic E-state index is -1.06. The number of carbonyl (C=O) groups excluding carboxylic acids is 1. The van der Waals surface area contributed by atoms with Crippen LogP contribution in [0.15, 0.2) is 36.5 Å². The van der Waals surface area contributed by atoms with Gasteiger partial charge in [-0.1, -0.05) is 30.3 Å². The van der Waals surface area contributed by atoms with Gasteiger partial charge in [-0.25, -0.2) is 9.78 Å². The summed E-state index contributed by atoms with van der Waals surface area (Å²) in [4.78, 5) is 28.4. The molecule has 2 atom stereocenters. The average molecular weight is 346 g/mol. The summed E-state index contributed by atoms with van der Waals surface area (Å²) in [6.07, 6.45) is 3.57. The Hall–Kier alpha value is -2.25. The Kier molecular flexibility index (Phi) is 5.22. The number of hydrogen-bond donors (Lipinski definition) is 2. The highest BCUT2D eigenvalue weighted by Gasteiger charge is 2.25. The summed E-state index contributed by atoms with van der Waals surface area (Å²) in [5.41, 5.74) is 0.856. The number of aromatic nitrogens is 1. The number of rotatable bonds is 6. The highest BCUT2D eigenvalue weighted by molar-refractivity contribution is 7.13. The first-order valence-corrected chi connectivity index (χ1v) is 8.60. The summed E-state index contributed by atoms with van der Waals surface area (Å²) in [5, 5.41) is 12.7. The van der Waals surface area contributed by atoms with E-state index in [1.807, 2.05) is 30.3 Å². The maximum Gasteiger partial charge on any atom is 0.326 e. The predicted octanol–water partition coefficient (Wildman–Crippen LogP) is 2.42. The van der Waals surface area contributed by atoms with Gasteiger partial charge < -0.3 is 15.2 Å². The van der Waals surface area contributed by atoms with Crippen molar-refractivity contribution in [2.45, 2.75) is 31.4 Å². The first-order valence-electron chi connectivity index (χ1n) is 7.78. The van der Waals surface area contributed by atoms with E-state index in [0.717, 1.165) is 23.4 Å². The molecule has 0 aliphatic carbocycles. The van der Waals surface area contributed by atoms with Crippen molar-refractivity contribution in [3.05, 3.63) is 52.0 Å². The van der Waals surface area contributed by atoms with E-state index in [-0.39, 0.29) is 12.5 Å². The molecular formula is C17H18N2O4S. The topological polar surface area (TPSA) is 88.5 Å². The molecular weight excluding hydrogens is 328 g/mol. The van der Waals surface area contributed by atoms with Crippen molar-refractivity contribution in [3.8, 4) is 0 Å². The fourth-order valence-corrected chi connectivity index (χ4v) is 3.50. The number of carboxylic acids is 1. The molecule has 0 radical (unpaired) electrons. The monoisotopic (exact) mass is 346 g/mol. The number of amides is 1. The zero-order chi connectivity index (χ0) is 16.9. The first kappa shape index (κ1) is 16.6. The Labute approximate surface area is 143 Å². The summed E-state index contributed by atoms with van der Waals surface area (Å²) in [7, 11) is 0. The molecule has 0 spiro atoms. The molecule has 1 aliphatic heterocycles. The van der Waals surface area contributed by atoms with Crippen LogP contribution < -0.4 is 5.32 Å². The van der Waals surface area contributed by atoms with Crippen molar-refractivity contribution in [1.29, 1.82) is 0 Å². The Bertz CT molecular complexity index is 710. The molecule has 2 aromatic rings. The molecule has 1 fully saturated rings. The van der Waals surface area contributed by atoms with Crippen LogP contribution in [0.4, 0.5) is 0 Å². The van der Waals surface area contributed by atoms with Gasteiger partial charge >= 0.3 is 5.97 Å². The second-order valence-electron chi connectivity index (χ2n) is 5.62. The Morgan fingerprint density at radius 2 is 2.17 bits per heavy atom. The second-order valence-corrected chi connectivity index (χ2v) is 6.68. The molecule has 1 saturated heterocycles. The normalized spacial score (nSPS) is 18.2. The fraction of sp³-hybridized carbons (Fsp3) is 0.353. The van der Waals surface area contributed by atoms with Gasteiger partial charge in [0.25, 0.3) is 5.91 Å². The van der Waals surface area contributed by atoms with E-state index in [1.54, 1.807) is 0 Å². The molecule has 2 N–H and O–H groups in total.